The smallest absolute Gasteiger partial charge is 0.124 e. The first kappa shape index (κ1) is 10.6. The summed E-state index contributed by atoms with van der Waals surface area (Å²) in [6.07, 6.45) is 2.04. The Morgan fingerprint density at radius 1 is 1.43 bits per heavy atom. The molecule has 0 bridgehead atoms. The average molecular weight is 191 g/mol. The molecule has 0 heterocycles. The van der Waals surface area contributed by atoms with Gasteiger partial charge in [0.05, 0.1) is 0 Å². The quantitative estimate of drug-likeness (QED) is 0.589. The minimum atomic E-state index is 0.604. The van der Waals surface area contributed by atoms with Crippen LogP contribution < -0.4 is 10.5 Å². The standard InChI is InChI=1S/C12H17NO/c1-9(2)7-8-14-12-6-4-5-11(13)10(12)3/h4-7H,8,13H2,1-3H3. The molecule has 0 aliphatic carbocycles. The third kappa shape index (κ3) is 2.80. The van der Waals surface area contributed by atoms with Gasteiger partial charge in [0.2, 0.25) is 0 Å². The zero-order valence-electron chi connectivity index (χ0n) is 9.00. The van der Waals surface area contributed by atoms with Crippen molar-refractivity contribution >= 4 is 5.69 Å². The molecule has 0 fully saturated rings. The van der Waals surface area contributed by atoms with Crippen LogP contribution >= 0.6 is 0 Å². The molecular weight excluding hydrogens is 174 g/mol. The lowest BCUT2D eigenvalue weighted by molar-refractivity contribution is 0.359. The lowest BCUT2D eigenvalue weighted by atomic mass is 10.2. The summed E-state index contributed by atoms with van der Waals surface area (Å²) in [5, 5.41) is 0. The summed E-state index contributed by atoms with van der Waals surface area (Å²) < 4.78 is 5.57. The van der Waals surface area contributed by atoms with Crippen molar-refractivity contribution in [3.63, 3.8) is 0 Å². The number of nitrogen functional groups attached to an aromatic ring is 1. The summed E-state index contributed by atoms with van der Waals surface area (Å²) in [6.45, 7) is 6.67. The molecular formula is C12H17NO. The normalized spacial score (nSPS) is 9.64. The van der Waals surface area contributed by atoms with E-state index in [1.807, 2.05) is 31.2 Å². The van der Waals surface area contributed by atoms with Crippen molar-refractivity contribution in [3.05, 3.63) is 35.4 Å². The predicted octanol–water partition coefficient (Wildman–Crippen LogP) is 2.92. The van der Waals surface area contributed by atoms with E-state index >= 15 is 0 Å². The second-order valence-electron chi connectivity index (χ2n) is 3.56. The summed E-state index contributed by atoms with van der Waals surface area (Å²) in [6, 6.07) is 5.72. The van der Waals surface area contributed by atoms with Gasteiger partial charge in [0.25, 0.3) is 0 Å². The highest BCUT2D eigenvalue weighted by atomic mass is 16.5. The number of hydrogen-bond acceptors (Lipinski definition) is 2. The van der Waals surface area contributed by atoms with E-state index in [1.165, 1.54) is 5.57 Å². The van der Waals surface area contributed by atoms with Crippen LogP contribution in [-0.4, -0.2) is 6.61 Å². The number of ether oxygens (including phenoxy) is 1. The van der Waals surface area contributed by atoms with Gasteiger partial charge >= 0.3 is 0 Å². The van der Waals surface area contributed by atoms with Gasteiger partial charge in [-0.3, -0.25) is 0 Å². The van der Waals surface area contributed by atoms with Gasteiger partial charge in [-0.2, -0.15) is 0 Å². The minimum absolute atomic E-state index is 0.604. The molecule has 1 aromatic rings. The molecule has 0 unspecified atom stereocenters. The molecule has 0 spiro atoms. The molecule has 14 heavy (non-hydrogen) atoms. The molecule has 0 aromatic heterocycles. The van der Waals surface area contributed by atoms with Crippen molar-refractivity contribution in [2.75, 3.05) is 12.3 Å². The van der Waals surface area contributed by atoms with E-state index in [1.54, 1.807) is 0 Å². The van der Waals surface area contributed by atoms with Crippen LogP contribution in [0.4, 0.5) is 5.69 Å². The molecule has 0 atom stereocenters. The third-order valence-electron chi connectivity index (χ3n) is 2.06. The lowest BCUT2D eigenvalue weighted by Gasteiger charge is -2.08. The molecule has 0 aliphatic rings. The zero-order chi connectivity index (χ0) is 10.6. The second kappa shape index (κ2) is 4.70. The van der Waals surface area contributed by atoms with E-state index in [-0.39, 0.29) is 0 Å². The highest BCUT2D eigenvalue weighted by Crippen LogP contribution is 2.22. The van der Waals surface area contributed by atoms with E-state index in [0.717, 1.165) is 17.0 Å². The van der Waals surface area contributed by atoms with E-state index in [4.69, 9.17) is 10.5 Å². The Balaban J connectivity index is 2.68. The van der Waals surface area contributed by atoms with Crippen LogP contribution in [0.1, 0.15) is 19.4 Å². The number of rotatable bonds is 3. The summed E-state index contributed by atoms with van der Waals surface area (Å²) in [5.74, 6) is 0.863. The van der Waals surface area contributed by atoms with Crippen LogP contribution in [0, 0.1) is 6.92 Å². The van der Waals surface area contributed by atoms with Gasteiger partial charge in [0.15, 0.2) is 0 Å². The molecule has 1 rings (SSSR count). The molecule has 2 nitrogen and oxygen atoms in total. The van der Waals surface area contributed by atoms with Crippen molar-refractivity contribution in [1.82, 2.24) is 0 Å². The van der Waals surface area contributed by atoms with Gasteiger partial charge in [-0.1, -0.05) is 11.6 Å². The Morgan fingerprint density at radius 3 is 2.79 bits per heavy atom. The number of nitrogens with two attached hydrogens (primary N) is 1. The molecule has 0 amide bonds. The Bertz CT molecular complexity index is 338. The fourth-order valence-electron chi connectivity index (χ4n) is 1.09. The third-order valence-corrected chi connectivity index (χ3v) is 2.06. The maximum atomic E-state index is 5.76. The maximum Gasteiger partial charge on any atom is 0.124 e. The van der Waals surface area contributed by atoms with Gasteiger partial charge in [-0.05, 0) is 39.0 Å². The highest BCUT2D eigenvalue weighted by Gasteiger charge is 2.00. The maximum absolute atomic E-state index is 5.76. The predicted molar refractivity (Wildman–Crippen MR) is 60.5 cm³/mol. The van der Waals surface area contributed by atoms with Crippen LogP contribution in [0.5, 0.6) is 5.75 Å². The van der Waals surface area contributed by atoms with Crippen LogP contribution in [-0.2, 0) is 0 Å². The van der Waals surface area contributed by atoms with E-state index in [2.05, 4.69) is 13.8 Å². The summed E-state index contributed by atoms with van der Waals surface area (Å²) >= 11 is 0. The van der Waals surface area contributed by atoms with Gasteiger partial charge < -0.3 is 10.5 Å². The molecule has 76 valence electrons. The summed E-state index contributed by atoms with van der Waals surface area (Å²) in [4.78, 5) is 0. The lowest BCUT2D eigenvalue weighted by Crippen LogP contribution is -1.98. The van der Waals surface area contributed by atoms with Gasteiger partial charge in [0.1, 0.15) is 12.4 Å². The summed E-state index contributed by atoms with van der Waals surface area (Å²) in [7, 11) is 0. The SMILES string of the molecule is CC(C)=CCOc1cccc(N)c1C. The molecule has 0 radical (unpaired) electrons. The molecule has 0 aliphatic heterocycles. The first-order valence-electron chi connectivity index (χ1n) is 4.72. The van der Waals surface area contributed by atoms with Crippen molar-refractivity contribution in [1.29, 1.82) is 0 Å². The molecule has 0 saturated heterocycles. The summed E-state index contributed by atoms with van der Waals surface area (Å²) in [5.41, 5.74) is 8.80. The number of benzene rings is 1. The van der Waals surface area contributed by atoms with E-state index in [9.17, 15) is 0 Å². The van der Waals surface area contributed by atoms with Crippen LogP contribution in [0.15, 0.2) is 29.8 Å². The first-order chi connectivity index (χ1) is 6.61. The molecule has 2 heteroatoms. The second-order valence-corrected chi connectivity index (χ2v) is 3.56. The van der Waals surface area contributed by atoms with Crippen molar-refractivity contribution < 1.29 is 4.74 Å². The number of allylic oxidation sites excluding steroid dienone is 1. The first-order valence-corrected chi connectivity index (χ1v) is 4.72. The van der Waals surface area contributed by atoms with Gasteiger partial charge in [-0.25, -0.2) is 0 Å². The molecule has 0 saturated carbocycles. The highest BCUT2D eigenvalue weighted by molar-refractivity contribution is 5.53. The van der Waals surface area contributed by atoms with E-state index < -0.39 is 0 Å². The monoisotopic (exact) mass is 191 g/mol. The van der Waals surface area contributed by atoms with Gasteiger partial charge in [0, 0.05) is 11.3 Å². The number of hydrogen-bond donors (Lipinski definition) is 1. The molecule has 1 aromatic carbocycles. The Hall–Kier alpha value is -1.44. The van der Waals surface area contributed by atoms with Crippen LogP contribution in [0.2, 0.25) is 0 Å². The van der Waals surface area contributed by atoms with Crippen molar-refractivity contribution in [3.8, 4) is 5.75 Å². The average Bonchev–Trinajstić information content (AvgIpc) is 2.12. The Kier molecular flexibility index (Phi) is 3.57. The largest absolute Gasteiger partial charge is 0.489 e. The van der Waals surface area contributed by atoms with Gasteiger partial charge in [-0.15, -0.1) is 0 Å². The topological polar surface area (TPSA) is 35.2 Å². The zero-order valence-corrected chi connectivity index (χ0v) is 9.00. The van der Waals surface area contributed by atoms with E-state index in [0.29, 0.717) is 6.61 Å². The van der Waals surface area contributed by atoms with Crippen molar-refractivity contribution in [2.24, 2.45) is 0 Å². The minimum Gasteiger partial charge on any atom is -0.489 e. The number of anilines is 1. The Labute approximate surface area is 85.4 Å². The Morgan fingerprint density at radius 2 is 2.14 bits per heavy atom. The molecule has 2 N–H and O–H groups in total. The fraction of sp³-hybridized carbons (Fsp3) is 0.333. The van der Waals surface area contributed by atoms with Crippen LogP contribution in [0.3, 0.4) is 0 Å². The van der Waals surface area contributed by atoms with Crippen LogP contribution in [0.25, 0.3) is 0 Å². The fourth-order valence-corrected chi connectivity index (χ4v) is 1.09. The van der Waals surface area contributed by atoms with Crippen molar-refractivity contribution in [2.45, 2.75) is 20.8 Å².